The van der Waals surface area contributed by atoms with E-state index >= 15 is 0 Å². The predicted octanol–water partition coefficient (Wildman–Crippen LogP) is 1.36. The summed E-state index contributed by atoms with van der Waals surface area (Å²) in [5.41, 5.74) is 1.19. The van der Waals surface area contributed by atoms with Crippen molar-refractivity contribution in [2.24, 2.45) is 0 Å². The molecule has 1 heterocycles. The van der Waals surface area contributed by atoms with Gasteiger partial charge >= 0.3 is 0 Å². The highest BCUT2D eigenvalue weighted by Crippen LogP contribution is 2.14. The van der Waals surface area contributed by atoms with Gasteiger partial charge in [0.15, 0.2) is 5.69 Å². The van der Waals surface area contributed by atoms with Gasteiger partial charge in [-0.2, -0.15) is 5.10 Å². The molecule has 0 radical (unpaired) electrons. The fourth-order valence-electron chi connectivity index (χ4n) is 1.47. The summed E-state index contributed by atoms with van der Waals surface area (Å²) in [7, 11) is 0. The maximum atomic E-state index is 11.6. The minimum Gasteiger partial charge on any atom is -0.395 e. The molecule has 2 N–H and O–H groups in total. The van der Waals surface area contributed by atoms with Crippen LogP contribution in [-0.4, -0.2) is 33.9 Å². The summed E-state index contributed by atoms with van der Waals surface area (Å²) in [6, 6.07) is 9.25. The first-order valence-corrected chi connectivity index (χ1v) is 6.20. The standard InChI is InChI=1S/C12H12BrN3O2/c13-9-2-1-3-10(8-9)16-6-4-11(15-16)12(18)14-5-7-17/h1-4,6,8,17H,5,7H2,(H,14,18). The number of carbonyl (C=O) groups is 1. The average molecular weight is 310 g/mol. The molecule has 0 aliphatic carbocycles. The van der Waals surface area contributed by atoms with Crippen LogP contribution in [0.2, 0.25) is 0 Å². The Bertz CT molecular complexity index is 554. The van der Waals surface area contributed by atoms with Crippen LogP contribution in [0.25, 0.3) is 5.69 Å². The summed E-state index contributed by atoms with van der Waals surface area (Å²) in [4.78, 5) is 11.6. The highest BCUT2D eigenvalue weighted by molar-refractivity contribution is 9.10. The van der Waals surface area contributed by atoms with E-state index in [-0.39, 0.29) is 19.1 Å². The molecule has 0 fully saturated rings. The summed E-state index contributed by atoms with van der Waals surface area (Å²) in [5.74, 6) is -0.294. The SMILES string of the molecule is O=C(NCCO)c1ccn(-c2cccc(Br)c2)n1. The van der Waals surface area contributed by atoms with Crippen LogP contribution in [0, 0.1) is 0 Å². The fraction of sp³-hybridized carbons (Fsp3) is 0.167. The molecule has 1 aromatic heterocycles. The molecule has 1 amide bonds. The van der Waals surface area contributed by atoms with Crippen LogP contribution in [0.4, 0.5) is 0 Å². The minimum absolute atomic E-state index is 0.0852. The smallest absolute Gasteiger partial charge is 0.271 e. The number of hydrogen-bond donors (Lipinski definition) is 2. The van der Waals surface area contributed by atoms with Gasteiger partial charge in [-0.1, -0.05) is 22.0 Å². The summed E-state index contributed by atoms with van der Waals surface area (Å²) < 4.78 is 2.57. The molecule has 18 heavy (non-hydrogen) atoms. The topological polar surface area (TPSA) is 67.2 Å². The Kier molecular flexibility index (Phi) is 4.11. The van der Waals surface area contributed by atoms with Gasteiger partial charge in [-0.25, -0.2) is 4.68 Å². The van der Waals surface area contributed by atoms with Crippen LogP contribution < -0.4 is 5.32 Å². The van der Waals surface area contributed by atoms with E-state index < -0.39 is 0 Å². The van der Waals surface area contributed by atoms with Crippen molar-refractivity contribution in [3.8, 4) is 5.69 Å². The quantitative estimate of drug-likeness (QED) is 0.896. The molecule has 2 rings (SSSR count). The molecule has 0 unspecified atom stereocenters. The van der Waals surface area contributed by atoms with E-state index in [1.807, 2.05) is 24.3 Å². The van der Waals surface area contributed by atoms with E-state index in [4.69, 9.17) is 5.11 Å². The van der Waals surface area contributed by atoms with E-state index in [0.29, 0.717) is 5.69 Å². The van der Waals surface area contributed by atoms with Gasteiger partial charge in [-0.15, -0.1) is 0 Å². The van der Waals surface area contributed by atoms with Gasteiger partial charge in [0.05, 0.1) is 12.3 Å². The second-order valence-corrected chi connectivity index (χ2v) is 4.52. The van der Waals surface area contributed by atoms with E-state index in [1.165, 1.54) is 0 Å². The summed E-state index contributed by atoms with van der Waals surface area (Å²) >= 11 is 3.38. The van der Waals surface area contributed by atoms with Gasteiger partial charge in [0.25, 0.3) is 5.91 Å². The van der Waals surface area contributed by atoms with Crippen LogP contribution in [0.1, 0.15) is 10.5 Å². The van der Waals surface area contributed by atoms with Gasteiger partial charge in [-0.05, 0) is 24.3 Å². The van der Waals surface area contributed by atoms with Crippen molar-refractivity contribution in [2.45, 2.75) is 0 Å². The van der Waals surface area contributed by atoms with Crippen molar-refractivity contribution in [1.82, 2.24) is 15.1 Å². The number of nitrogens with zero attached hydrogens (tertiary/aromatic N) is 2. The molecule has 0 aliphatic rings. The number of aromatic nitrogens is 2. The molecule has 0 saturated carbocycles. The molecule has 0 atom stereocenters. The number of aliphatic hydroxyl groups is 1. The van der Waals surface area contributed by atoms with Crippen molar-refractivity contribution in [3.63, 3.8) is 0 Å². The van der Waals surface area contributed by atoms with Crippen molar-refractivity contribution < 1.29 is 9.90 Å². The molecule has 2 aromatic rings. The molecule has 0 bridgehead atoms. The van der Waals surface area contributed by atoms with Crippen molar-refractivity contribution >= 4 is 21.8 Å². The Morgan fingerprint density at radius 2 is 2.28 bits per heavy atom. The normalized spacial score (nSPS) is 10.3. The monoisotopic (exact) mass is 309 g/mol. The molecule has 6 heteroatoms. The largest absolute Gasteiger partial charge is 0.395 e. The third-order valence-electron chi connectivity index (χ3n) is 2.29. The first-order chi connectivity index (χ1) is 8.70. The predicted molar refractivity (Wildman–Crippen MR) is 70.7 cm³/mol. The molecule has 1 aromatic carbocycles. The number of aliphatic hydroxyl groups excluding tert-OH is 1. The number of carbonyl (C=O) groups excluding carboxylic acids is 1. The van der Waals surface area contributed by atoms with Gasteiger partial charge in [0.1, 0.15) is 0 Å². The number of halogens is 1. The Labute approximate surface area is 113 Å². The van der Waals surface area contributed by atoms with Crippen LogP contribution in [0.15, 0.2) is 41.0 Å². The lowest BCUT2D eigenvalue weighted by Crippen LogP contribution is -2.26. The second kappa shape index (κ2) is 5.79. The maximum Gasteiger partial charge on any atom is 0.271 e. The van der Waals surface area contributed by atoms with Gasteiger partial charge in [0.2, 0.25) is 0 Å². The van der Waals surface area contributed by atoms with Crippen molar-refractivity contribution in [1.29, 1.82) is 0 Å². The molecule has 5 nitrogen and oxygen atoms in total. The van der Waals surface area contributed by atoms with E-state index in [1.54, 1.807) is 16.9 Å². The summed E-state index contributed by atoms with van der Waals surface area (Å²) in [5, 5.41) is 15.4. The third kappa shape index (κ3) is 2.96. The van der Waals surface area contributed by atoms with Crippen LogP contribution in [0.3, 0.4) is 0 Å². The lowest BCUT2D eigenvalue weighted by Gasteiger charge is -2.02. The van der Waals surface area contributed by atoms with E-state index in [2.05, 4.69) is 26.3 Å². The first kappa shape index (κ1) is 12.8. The van der Waals surface area contributed by atoms with Crippen molar-refractivity contribution in [3.05, 3.63) is 46.7 Å². The lowest BCUT2D eigenvalue weighted by atomic mass is 10.3. The Hall–Kier alpha value is -1.66. The number of rotatable bonds is 4. The molecular weight excluding hydrogens is 298 g/mol. The van der Waals surface area contributed by atoms with Gasteiger partial charge < -0.3 is 10.4 Å². The van der Waals surface area contributed by atoms with Crippen LogP contribution in [-0.2, 0) is 0 Å². The fourth-order valence-corrected chi connectivity index (χ4v) is 1.85. The molecule has 0 spiro atoms. The first-order valence-electron chi connectivity index (χ1n) is 5.41. The van der Waals surface area contributed by atoms with E-state index in [0.717, 1.165) is 10.2 Å². The lowest BCUT2D eigenvalue weighted by molar-refractivity contribution is 0.0939. The molecule has 0 aliphatic heterocycles. The Morgan fingerprint density at radius 3 is 3.00 bits per heavy atom. The molecule has 94 valence electrons. The van der Waals surface area contributed by atoms with Gasteiger partial charge in [-0.3, -0.25) is 4.79 Å². The van der Waals surface area contributed by atoms with Gasteiger partial charge in [0, 0.05) is 17.2 Å². The third-order valence-corrected chi connectivity index (χ3v) is 2.79. The molecular formula is C12H12BrN3O2. The Balaban J connectivity index is 2.17. The highest BCUT2D eigenvalue weighted by atomic mass is 79.9. The summed E-state index contributed by atoms with van der Waals surface area (Å²) in [6.45, 7) is 0.140. The highest BCUT2D eigenvalue weighted by Gasteiger charge is 2.09. The van der Waals surface area contributed by atoms with Crippen LogP contribution in [0.5, 0.6) is 0 Å². The van der Waals surface area contributed by atoms with Crippen molar-refractivity contribution in [2.75, 3.05) is 13.2 Å². The zero-order chi connectivity index (χ0) is 13.0. The molecule has 0 saturated heterocycles. The zero-order valence-electron chi connectivity index (χ0n) is 9.51. The maximum absolute atomic E-state index is 11.6. The van der Waals surface area contributed by atoms with Crippen LogP contribution >= 0.6 is 15.9 Å². The zero-order valence-corrected chi connectivity index (χ0v) is 11.1. The number of hydrogen-bond acceptors (Lipinski definition) is 3. The number of benzene rings is 1. The minimum atomic E-state index is -0.294. The van der Waals surface area contributed by atoms with E-state index in [9.17, 15) is 4.79 Å². The number of amides is 1. The number of nitrogens with one attached hydrogen (secondary N) is 1. The summed E-state index contributed by atoms with van der Waals surface area (Å²) in [6.07, 6.45) is 1.72. The Morgan fingerprint density at radius 1 is 1.44 bits per heavy atom. The average Bonchev–Trinajstić information content (AvgIpc) is 2.85. The second-order valence-electron chi connectivity index (χ2n) is 3.60.